The van der Waals surface area contributed by atoms with Gasteiger partial charge < -0.3 is 4.42 Å². The maximum atomic E-state index is 6.46. The van der Waals surface area contributed by atoms with Crippen LogP contribution < -0.4 is 0 Å². The second kappa shape index (κ2) is 15.9. The first-order valence-electron chi connectivity index (χ1n) is 21.1. The highest BCUT2D eigenvalue weighted by molar-refractivity contribution is 6.13. The number of hydrogen-bond acceptors (Lipinski definition) is 6. The maximum Gasteiger partial charge on any atom is 0.164 e. The van der Waals surface area contributed by atoms with Crippen LogP contribution >= 0.6 is 0 Å². The summed E-state index contributed by atoms with van der Waals surface area (Å²) in [4.78, 5) is 24.9. The van der Waals surface area contributed by atoms with Crippen molar-refractivity contribution in [1.29, 1.82) is 0 Å². The van der Waals surface area contributed by atoms with E-state index in [-0.39, 0.29) is 0 Å². The first-order chi connectivity index (χ1) is 31.0. The van der Waals surface area contributed by atoms with Gasteiger partial charge in [0.05, 0.1) is 11.4 Å². The van der Waals surface area contributed by atoms with Crippen LogP contribution in [0.15, 0.2) is 205 Å². The van der Waals surface area contributed by atoms with Gasteiger partial charge >= 0.3 is 0 Å². The summed E-state index contributed by atoms with van der Waals surface area (Å²) in [5, 5.41) is 2.13. The minimum absolute atomic E-state index is 0.623. The fourth-order valence-corrected chi connectivity index (χ4v) is 8.28. The predicted molar refractivity (Wildman–Crippen MR) is 256 cm³/mol. The van der Waals surface area contributed by atoms with Crippen LogP contribution in [0.25, 0.3) is 112 Å². The molecule has 0 atom stereocenters. The molecular weight excluding hydrogens is 771 g/mol. The van der Waals surface area contributed by atoms with Crippen LogP contribution in [0.2, 0.25) is 0 Å². The molecule has 0 saturated heterocycles. The first-order valence-corrected chi connectivity index (χ1v) is 21.1. The van der Waals surface area contributed by atoms with Crippen LogP contribution in [0.1, 0.15) is 11.1 Å². The predicted octanol–water partition coefficient (Wildman–Crippen LogP) is 14.5. The molecule has 6 heteroatoms. The Morgan fingerprint density at radius 2 is 0.778 bits per heavy atom. The number of rotatable bonds is 8. The molecule has 0 amide bonds. The molecule has 3 aromatic heterocycles. The molecule has 0 bridgehead atoms. The van der Waals surface area contributed by atoms with Gasteiger partial charge in [-0.2, -0.15) is 0 Å². The molecule has 63 heavy (non-hydrogen) atoms. The Morgan fingerprint density at radius 3 is 1.43 bits per heavy atom. The van der Waals surface area contributed by atoms with Crippen LogP contribution in [-0.4, -0.2) is 24.9 Å². The Kier molecular flexibility index (Phi) is 9.51. The lowest BCUT2D eigenvalue weighted by molar-refractivity contribution is 0.669. The Balaban J connectivity index is 0.938. The van der Waals surface area contributed by atoms with Gasteiger partial charge in [-0.25, -0.2) is 24.9 Å². The first kappa shape index (κ1) is 37.6. The standard InChI is InChI=1S/C57H39N5O/c1-36-12-9-18-45(32-36)50-35-49(58-54(59-50)41-14-5-3-6-15-41)40-26-22-38(23-27-40)44-30-31-51-48(34-44)53-47(20-11-21-52(53)63-51)39-24-28-43(29-25-39)56-60-55(42-16-7-4-8-17-42)61-57(62-56)46-19-10-13-37(2)33-46/h3-35H,1-2H3. The van der Waals surface area contributed by atoms with E-state index in [9.17, 15) is 0 Å². The summed E-state index contributed by atoms with van der Waals surface area (Å²) in [6.45, 7) is 4.18. The topological polar surface area (TPSA) is 77.6 Å². The van der Waals surface area contributed by atoms with Gasteiger partial charge in [-0.15, -0.1) is 0 Å². The molecule has 0 spiro atoms. The van der Waals surface area contributed by atoms with E-state index in [4.69, 9.17) is 29.3 Å². The highest BCUT2D eigenvalue weighted by Gasteiger charge is 2.17. The fourth-order valence-electron chi connectivity index (χ4n) is 8.28. The lowest BCUT2D eigenvalue weighted by Gasteiger charge is -2.11. The summed E-state index contributed by atoms with van der Waals surface area (Å²) in [7, 11) is 0. The number of aromatic nitrogens is 5. The quantitative estimate of drug-likeness (QED) is 0.152. The zero-order valence-electron chi connectivity index (χ0n) is 34.7. The summed E-state index contributed by atoms with van der Waals surface area (Å²) in [6.07, 6.45) is 0. The van der Waals surface area contributed by atoms with E-state index >= 15 is 0 Å². The third-order valence-electron chi connectivity index (χ3n) is 11.5. The number of aryl methyl sites for hydroxylation is 2. The minimum atomic E-state index is 0.623. The molecule has 3 heterocycles. The molecule has 8 aromatic carbocycles. The van der Waals surface area contributed by atoms with Gasteiger partial charge in [0, 0.05) is 44.2 Å². The van der Waals surface area contributed by atoms with Gasteiger partial charge in [-0.05, 0) is 72.5 Å². The summed E-state index contributed by atoms with van der Waals surface area (Å²) < 4.78 is 6.46. The molecule has 0 aliphatic heterocycles. The third-order valence-corrected chi connectivity index (χ3v) is 11.5. The Morgan fingerprint density at radius 1 is 0.302 bits per heavy atom. The van der Waals surface area contributed by atoms with Crippen LogP contribution in [0.5, 0.6) is 0 Å². The summed E-state index contributed by atoms with van der Waals surface area (Å²) in [5.41, 5.74) is 16.0. The van der Waals surface area contributed by atoms with Crippen molar-refractivity contribution in [2.75, 3.05) is 0 Å². The SMILES string of the molecule is Cc1cccc(-c2cc(-c3ccc(-c4ccc5oc6cccc(-c7ccc(-c8nc(-c9ccccc9)nc(-c9cccc(C)c9)n8)cc7)c6c5c4)cc3)nc(-c3ccccc3)n2)c1. The van der Waals surface area contributed by atoms with Crippen LogP contribution in [0.3, 0.4) is 0 Å². The number of benzene rings is 8. The van der Waals surface area contributed by atoms with E-state index in [2.05, 4.69) is 147 Å². The maximum absolute atomic E-state index is 6.46. The normalized spacial score (nSPS) is 11.3. The van der Waals surface area contributed by atoms with E-state index < -0.39 is 0 Å². The molecule has 0 radical (unpaired) electrons. The molecular formula is C57H39N5O. The van der Waals surface area contributed by atoms with Crippen molar-refractivity contribution in [3.8, 4) is 90.3 Å². The van der Waals surface area contributed by atoms with Crippen molar-refractivity contribution in [2.45, 2.75) is 13.8 Å². The monoisotopic (exact) mass is 809 g/mol. The molecule has 298 valence electrons. The van der Waals surface area contributed by atoms with E-state index in [1.54, 1.807) is 0 Å². The van der Waals surface area contributed by atoms with Crippen LogP contribution in [0.4, 0.5) is 0 Å². The minimum Gasteiger partial charge on any atom is -0.456 e. The number of furan rings is 1. The zero-order valence-corrected chi connectivity index (χ0v) is 34.7. The van der Waals surface area contributed by atoms with Crippen LogP contribution in [-0.2, 0) is 0 Å². The van der Waals surface area contributed by atoms with Crippen molar-refractivity contribution in [3.05, 3.63) is 211 Å². The largest absolute Gasteiger partial charge is 0.456 e. The summed E-state index contributed by atoms with van der Waals surface area (Å²) in [5.74, 6) is 2.61. The smallest absolute Gasteiger partial charge is 0.164 e. The molecule has 11 rings (SSSR count). The zero-order chi connectivity index (χ0) is 42.3. The number of fused-ring (bicyclic) bond motifs is 3. The van der Waals surface area contributed by atoms with Gasteiger partial charge in [0.1, 0.15) is 11.2 Å². The van der Waals surface area contributed by atoms with Gasteiger partial charge in [0.2, 0.25) is 0 Å². The van der Waals surface area contributed by atoms with E-state index in [1.807, 2.05) is 66.7 Å². The fraction of sp³-hybridized carbons (Fsp3) is 0.0351. The Bertz CT molecular complexity index is 3450. The highest BCUT2D eigenvalue weighted by Crippen LogP contribution is 2.39. The molecule has 0 aliphatic rings. The molecule has 11 aromatic rings. The van der Waals surface area contributed by atoms with Gasteiger partial charge in [0.25, 0.3) is 0 Å². The Hall–Kier alpha value is -8.35. The molecule has 0 unspecified atom stereocenters. The lowest BCUT2D eigenvalue weighted by atomic mass is 9.96. The van der Waals surface area contributed by atoms with Crippen molar-refractivity contribution >= 4 is 21.9 Å². The molecule has 0 aliphatic carbocycles. The van der Waals surface area contributed by atoms with Crippen molar-refractivity contribution in [1.82, 2.24) is 24.9 Å². The summed E-state index contributed by atoms with van der Waals surface area (Å²) in [6, 6.07) is 68.9. The average Bonchev–Trinajstić information content (AvgIpc) is 3.73. The van der Waals surface area contributed by atoms with Crippen molar-refractivity contribution < 1.29 is 4.42 Å². The van der Waals surface area contributed by atoms with E-state index in [0.717, 1.165) is 94.5 Å². The molecule has 6 nitrogen and oxygen atoms in total. The molecule has 0 fully saturated rings. The second-order valence-corrected chi connectivity index (χ2v) is 15.9. The van der Waals surface area contributed by atoms with Crippen LogP contribution in [0, 0.1) is 13.8 Å². The number of hydrogen-bond donors (Lipinski definition) is 0. The Labute approximate surface area is 365 Å². The summed E-state index contributed by atoms with van der Waals surface area (Å²) >= 11 is 0. The molecule has 0 N–H and O–H groups in total. The van der Waals surface area contributed by atoms with Crippen molar-refractivity contribution in [2.24, 2.45) is 0 Å². The van der Waals surface area contributed by atoms with E-state index in [0.29, 0.717) is 23.3 Å². The number of nitrogens with zero attached hydrogens (tertiary/aromatic N) is 5. The van der Waals surface area contributed by atoms with E-state index in [1.165, 1.54) is 5.56 Å². The lowest BCUT2D eigenvalue weighted by Crippen LogP contribution is -2.00. The average molecular weight is 810 g/mol. The van der Waals surface area contributed by atoms with Gasteiger partial charge in [-0.3, -0.25) is 0 Å². The van der Waals surface area contributed by atoms with Crippen molar-refractivity contribution in [3.63, 3.8) is 0 Å². The highest BCUT2D eigenvalue weighted by atomic mass is 16.3. The second-order valence-electron chi connectivity index (χ2n) is 15.9. The van der Waals surface area contributed by atoms with Gasteiger partial charge in [0.15, 0.2) is 23.3 Å². The van der Waals surface area contributed by atoms with Gasteiger partial charge in [-0.1, -0.05) is 175 Å². The third kappa shape index (κ3) is 7.45. The molecule has 0 saturated carbocycles.